The van der Waals surface area contributed by atoms with Crippen molar-refractivity contribution < 1.29 is 88.7 Å². The van der Waals surface area contributed by atoms with Crippen LogP contribution in [-0.2, 0) is 34.0 Å². The molecule has 0 aliphatic heterocycles. The third-order valence-corrected chi connectivity index (χ3v) is 9.55. The summed E-state index contributed by atoms with van der Waals surface area (Å²) < 4.78 is 22.3. The maximum absolute atomic E-state index is 11.8. The van der Waals surface area contributed by atoms with E-state index in [4.69, 9.17) is 45.8 Å². The number of amides is 1. The van der Waals surface area contributed by atoms with Gasteiger partial charge in [0.05, 0.1) is 37.5 Å². The maximum Gasteiger partial charge on any atom is 0.369 e. The molecule has 23 heteroatoms. The van der Waals surface area contributed by atoms with Crippen LogP contribution in [0.5, 0.6) is 0 Å². The Labute approximate surface area is 276 Å². The molecule has 0 fully saturated rings. The fourth-order valence-electron chi connectivity index (χ4n) is 2.86. The second kappa shape index (κ2) is 21.3. The zero-order valence-corrected chi connectivity index (χ0v) is 27.9. The molecule has 0 bridgehead atoms. The number of aromatic nitrogens is 2. The molecule has 0 spiro atoms. The van der Waals surface area contributed by atoms with Crippen LogP contribution in [0.1, 0.15) is 40.5 Å². The van der Waals surface area contributed by atoms with Gasteiger partial charge in [0.1, 0.15) is 5.82 Å². The van der Waals surface area contributed by atoms with Gasteiger partial charge in [-0.05, 0) is 37.6 Å². The average Bonchev–Trinajstić information content (AvgIpc) is 3.00. The van der Waals surface area contributed by atoms with E-state index >= 15 is 0 Å². The molecule has 2 aromatic heterocycles. The third kappa shape index (κ3) is 15.3. The molecule has 0 aliphatic carbocycles. The number of ketones is 1. The summed E-state index contributed by atoms with van der Waals surface area (Å²) >= 11 is 0. The van der Waals surface area contributed by atoms with Gasteiger partial charge in [-0.15, -0.1) is 0 Å². The number of aliphatic hydroxyl groups excluding tert-OH is 3. The molecular weight excluding hydrogens is 745 g/mol. The largest absolute Gasteiger partial charge is 0.480 e. The first-order chi connectivity index (χ1) is 20.8. The van der Waals surface area contributed by atoms with Crippen LogP contribution < -0.4 is 21.9 Å². The van der Waals surface area contributed by atoms with E-state index in [0.717, 1.165) is 0 Å². The van der Waals surface area contributed by atoms with Gasteiger partial charge in [0, 0.05) is 57.2 Å². The molecule has 0 aliphatic rings. The minimum absolute atomic E-state index is 0. The molecular formula is C23H38N6O14P2Tc. The summed E-state index contributed by atoms with van der Waals surface area (Å²) in [6.45, 7) is -0.634. The topological polar surface area (TPSA) is 355 Å². The first-order valence-electron chi connectivity index (χ1n) is 12.6. The van der Waals surface area contributed by atoms with Crippen LogP contribution in [0.2, 0.25) is 0 Å². The van der Waals surface area contributed by atoms with Gasteiger partial charge >= 0.3 is 21.2 Å². The number of hydrazine groups is 1. The van der Waals surface area contributed by atoms with Gasteiger partial charge in [-0.2, -0.15) is 0 Å². The number of carboxylic acids is 1. The number of aliphatic carboxylic acids is 1. The van der Waals surface area contributed by atoms with E-state index in [2.05, 4.69) is 26.0 Å². The number of carbonyl (C=O) groups excluding carboxylic acids is 2. The number of carboxylic acid groups (broad SMARTS) is 1. The summed E-state index contributed by atoms with van der Waals surface area (Å²) in [5.41, 5.74) is 1.80. The molecule has 0 atom stereocenters. The summed E-state index contributed by atoms with van der Waals surface area (Å²) in [5.74, 6) is 3.83. The fourth-order valence-corrected chi connectivity index (χ4v) is 5.11. The molecule has 1 radical (unpaired) electrons. The van der Waals surface area contributed by atoms with E-state index in [-0.39, 0.29) is 44.4 Å². The second-order valence-corrected chi connectivity index (χ2v) is 13.1. The summed E-state index contributed by atoms with van der Waals surface area (Å²) in [6, 6.07) is 6.35. The van der Waals surface area contributed by atoms with Crippen molar-refractivity contribution >= 4 is 38.7 Å². The van der Waals surface area contributed by atoms with Crippen LogP contribution >= 0.6 is 15.2 Å². The average molecular weight is 783 g/mol. The van der Waals surface area contributed by atoms with Crippen molar-refractivity contribution in [1.29, 1.82) is 0 Å². The summed E-state index contributed by atoms with van der Waals surface area (Å²) in [4.78, 5) is 75.9. The number of nitrogens with zero attached hydrogens (tertiary/aromatic N) is 2. The number of Topliss-reactive ketones (excluding diaryl/α,β-unsaturated/α-hetero) is 1. The van der Waals surface area contributed by atoms with E-state index in [1.807, 2.05) is 0 Å². The quantitative estimate of drug-likeness (QED) is 0.0293. The number of aliphatic hydroxyl groups is 4. The molecule has 0 unspecified atom stereocenters. The van der Waals surface area contributed by atoms with Gasteiger partial charge in [0.2, 0.25) is 0 Å². The molecule has 14 N–H and O–H groups in total. The van der Waals surface area contributed by atoms with Gasteiger partial charge in [0.15, 0.2) is 5.78 Å². The Morgan fingerprint density at radius 3 is 1.85 bits per heavy atom. The number of hydrogen-bond acceptors (Lipinski definition) is 14. The third-order valence-electron chi connectivity index (χ3n) is 5.67. The fraction of sp³-hybridized carbons (Fsp3) is 0.435. The number of pyridine rings is 2. The molecule has 2 heterocycles. The van der Waals surface area contributed by atoms with Crippen molar-refractivity contribution in [2.24, 2.45) is 5.84 Å². The molecule has 261 valence electrons. The van der Waals surface area contributed by atoms with E-state index in [0.29, 0.717) is 11.4 Å². The number of nitrogens with two attached hydrogens (primary N) is 1. The van der Waals surface area contributed by atoms with Gasteiger partial charge < -0.3 is 55.8 Å². The Morgan fingerprint density at radius 1 is 0.935 bits per heavy atom. The van der Waals surface area contributed by atoms with Gasteiger partial charge in [-0.3, -0.25) is 33.8 Å². The number of nitrogen functional groups attached to an aromatic ring is 1. The summed E-state index contributed by atoms with van der Waals surface area (Å²) in [7, 11) is -11.0. The summed E-state index contributed by atoms with van der Waals surface area (Å²) in [5, 5.41) is 45.3. The van der Waals surface area contributed by atoms with E-state index in [1.165, 1.54) is 25.3 Å². The van der Waals surface area contributed by atoms with Crippen molar-refractivity contribution in [3.63, 3.8) is 0 Å². The standard InChI is InChI=1S/C10H18N4O8P2.C7H7NO.C6H13NO5.Tc/c11-14-8-3-2-7(6-13-8)9(15)12-5-1-4-10(16,23(17,18)19)24(20,21)22;1-6(9)7-3-2-4-8-5-7;8-2-6(3-9,4-10)7-1-5(11)12;/h2-3,6,16H,1,4-5,11H2,(H,12,15)(H,13,14)(H2,17,18,19)(H2,20,21,22);2-5H,1H3;7-10H,1-4H2,(H,11,12);/i;;;1+1. The van der Waals surface area contributed by atoms with Crippen LogP contribution in [-0.4, -0.2) is 116 Å². The van der Waals surface area contributed by atoms with Crippen molar-refractivity contribution in [2.45, 2.75) is 30.4 Å². The monoisotopic (exact) mass is 783 g/mol. The van der Waals surface area contributed by atoms with Crippen LogP contribution in [0, 0.1) is 0 Å². The van der Waals surface area contributed by atoms with Gasteiger partial charge in [0.25, 0.3) is 11.0 Å². The van der Waals surface area contributed by atoms with E-state index < -0.39 is 70.5 Å². The number of rotatable bonds is 15. The first-order valence-corrected chi connectivity index (χ1v) is 15.8. The van der Waals surface area contributed by atoms with E-state index in [1.54, 1.807) is 24.5 Å². The Morgan fingerprint density at radius 2 is 1.50 bits per heavy atom. The van der Waals surface area contributed by atoms with Crippen LogP contribution in [0.15, 0.2) is 42.9 Å². The minimum atomic E-state index is -5.49. The maximum atomic E-state index is 11.8. The Balaban J connectivity index is 0. The summed E-state index contributed by atoms with van der Waals surface area (Å²) in [6.07, 6.45) is 3.24. The predicted molar refractivity (Wildman–Crippen MR) is 157 cm³/mol. The first kappa shape index (κ1) is 45.5. The Kier molecular flexibility index (Phi) is 21.1. The van der Waals surface area contributed by atoms with Crippen molar-refractivity contribution in [1.82, 2.24) is 20.6 Å². The number of carbonyl (C=O) groups is 3. The van der Waals surface area contributed by atoms with Crippen LogP contribution in [0.4, 0.5) is 5.82 Å². The van der Waals surface area contributed by atoms with Crippen LogP contribution in [0.3, 0.4) is 0 Å². The zero-order valence-electron chi connectivity index (χ0n) is 24.3. The van der Waals surface area contributed by atoms with E-state index in [9.17, 15) is 28.6 Å². The Bertz CT molecular complexity index is 1280. The predicted octanol–water partition coefficient (Wildman–Crippen LogP) is -2.46. The Hall–Kier alpha value is -2.58. The van der Waals surface area contributed by atoms with Gasteiger partial charge in [-0.25, -0.2) is 10.8 Å². The molecule has 20 nitrogen and oxygen atoms in total. The van der Waals surface area contributed by atoms with Gasteiger partial charge in [-0.1, -0.05) is 0 Å². The molecule has 0 aromatic carbocycles. The normalized spacial score (nSPS) is 11.4. The molecule has 1 amide bonds. The molecule has 0 saturated carbocycles. The van der Waals surface area contributed by atoms with Crippen molar-refractivity contribution in [2.75, 3.05) is 38.3 Å². The second-order valence-electron chi connectivity index (χ2n) is 9.10. The zero-order chi connectivity index (χ0) is 34.9. The molecule has 2 rings (SSSR count). The molecule has 46 heavy (non-hydrogen) atoms. The smallest absolute Gasteiger partial charge is 0.369 e. The SMILES string of the molecule is CC(=O)c1cccnc1.NNc1ccc(C(=O)NCCCC(O)(P(=O)(O)O)P(=O)(O)O)cn1.O=C(O)CNC(CO)(CO)CO.[99Tc]. The van der Waals surface area contributed by atoms with Crippen molar-refractivity contribution in [3.05, 3.63) is 54.0 Å². The molecule has 2 aromatic rings. The number of nitrogens with one attached hydrogen (secondary N) is 3. The number of anilines is 1. The van der Waals surface area contributed by atoms with Crippen LogP contribution in [0.25, 0.3) is 0 Å². The van der Waals surface area contributed by atoms with Crippen molar-refractivity contribution in [3.8, 4) is 0 Å². The minimum Gasteiger partial charge on any atom is -0.480 e. The molecule has 0 saturated heterocycles. The number of hydrogen-bond donors (Lipinski definition) is 13.